The molecule has 0 aliphatic carbocycles. The van der Waals surface area contributed by atoms with Crippen molar-refractivity contribution in [1.82, 2.24) is 0 Å². The van der Waals surface area contributed by atoms with E-state index >= 15 is 0 Å². The van der Waals surface area contributed by atoms with Crippen LogP contribution in [0.25, 0.3) is 21.9 Å². The van der Waals surface area contributed by atoms with Gasteiger partial charge in [0.05, 0.1) is 26.7 Å². The number of aryl methyl sites for hydroxylation is 1. The minimum absolute atomic E-state index is 0.0916. The lowest BCUT2D eigenvalue weighted by Gasteiger charge is -2.14. The van der Waals surface area contributed by atoms with Crippen LogP contribution in [0.15, 0.2) is 33.5 Å². The lowest BCUT2D eigenvalue weighted by Crippen LogP contribution is -2.12. The van der Waals surface area contributed by atoms with Gasteiger partial charge >= 0.3 is 0 Å². The molecule has 28 heavy (non-hydrogen) atoms. The maximum Gasteiger partial charge on any atom is 0.204 e. The first-order valence-corrected chi connectivity index (χ1v) is 8.97. The summed E-state index contributed by atoms with van der Waals surface area (Å²) in [6, 6.07) is 6.72. The minimum atomic E-state index is -0.218. The summed E-state index contributed by atoms with van der Waals surface area (Å²) in [6.07, 6.45) is 1.14. The molecule has 0 radical (unpaired) electrons. The van der Waals surface area contributed by atoms with Crippen LogP contribution in [0, 0.1) is 5.92 Å². The van der Waals surface area contributed by atoms with Gasteiger partial charge in [-0.15, -0.1) is 0 Å². The molecule has 1 aromatic heterocycles. The number of hydrogen-bond donors (Lipinski definition) is 2. The molecule has 2 aromatic carbocycles. The molecule has 7 nitrogen and oxygen atoms in total. The summed E-state index contributed by atoms with van der Waals surface area (Å²) in [5, 5.41) is 19.3. The largest absolute Gasteiger partial charge is 0.496 e. The molecule has 3 aromatic rings. The molecule has 0 amide bonds. The minimum Gasteiger partial charge on any atom is -0.496 e. The van der Waals surface area contributed by atoms with Crippen LogP contribution in [-0.4, -0.2) is 44.8 Å². The van der Waals surface area contributed by atoms with E-state index in [4.69, 9.17) is 18.6 Å². The summed E-state index contributed by atoms with van der Waals surface area (Å²) >= 11 is 0. The fourth-order valence-electron chi connectivity index (χ4n) is 3.25. The fraction of sp³-hybridized carbons (Fsp3) is 0.381. The van der Waals surface area contributed by atoms with E-state index in [1.165, 1.54) is 21.3 Å². The van der Waals surface area contributed by atoms with Gasteiger partial charge in [-0.1, -0.05) is 0 Å². The van der Waals surface area contributed by atoms with Crippen LogP contribution in [0.3, 0.4) is 0 Å². The Morgan fingerprint density at radius 1 is 0.929 bits per heavy atom. The Bertz CT molecular complexity index is 1030. The van der Waals surface area contributed by atoms with Crippen LogP contribution in [0.1, 0.15) is 12.0 Å². The number of rotatable bonds is 8. The first-order chi connectivity index (χ1) is 13.6. The topological polar surface area (TPSA) is 98.4 Å². The van der Waals surface area contributed by atoms with Gasteiger partial charge in [-0.25, -0.2) is 0 Å². The zero-order valence-electron chi connectivity index (χ0n) is 16.2. The van der Waals surface area contributed by atoms with E-state index in [9.17, 15) is 15.0 Å². The second-order valence-electron chi connectivity index (χ2n) is 6.56. The molecule has 0 bridgehead atoms. The second-order valence-corrected chi connectivity index (χ2v) is 6.56. The zero-order chi connectivity index (χ0) is 20.3. The Morgan fingerprint density at radius 3 is 2.25 bits per heavy atom. The molecule has 3 rings (SSSR count). The van der Waals surface area contributed by atoms with Gasteiger partial charge in [-0.3, -0.25) is 4.79 Å². The van der Waals surface area contributed by atoms with E-state index in [1.54, 1.807) is 24.3 Å². The van der Waals surface area contributed by atoms with Crippen molar-refractivity contribution in [3.63, 3.8) is 0 Å². The predicted octanol–water partition coefficient (Wildman–Crippen LogP) is 2.51. The van der Waals surface area contributed by atoms with Crippen molar-refractivity contribution in [2.75, 3.05) is 34.5 Å². The fourth-order valence-corrected chi connectivity index (χ4v) is 3.25. The Balaban J connectivity index is 2.19. The van der Waals surface area contributed by atoms with E-state index in [1.807, 2.05) is 0 Å². The quantitative estimate of drug-likeness (QED) is 0.572. The van der Waals surface area contributed by atoms with Crippen LogP contribution >= 0.6 is 0 Å². The molecule has 1 heterocycles. The first kappa shape index (κ1) is 20.0. The van der Waals surface area contributed by atoms with E-state index in [0.717, 1.165) is 5.56 Å². The first-order valence-electron chi connectivity index (χ1n) is 8.97. The van der Waals surface area contributed by atoms with Crippen LogP contribution < -0.4 is 19.6 Å². The van der Waals surface area contributed by atoms with Crippen molar-refractivity contribution in [2.24, 2.45) is 5.92 Å². The standard InChI is InChI=1S/C21H24O7/c1-25-14-7-18(27-3)20-19(8-14)28-17-6-13(5-4-12(10-22)11-23)16(26-2)9-15(17)21(20)24/h6-9,12,22-23H,4-5,10-11H2,1-3H3. The zero-order valence-corrected chi connectivity index (χ0v) is 16.2. The second kappa shape index (κ2) is 8.50. The third-order valence-corrected chi connectivity index (χ3v) is 4.91. The molecule has 0 aliphatic rings. The van der Waals surface area contributed by atoms with E-state index in [-0.39, 0.29) is 24.6 Å². The molecule has 0 saturated heterocycles. The van der Waals surface area contributed by atoms with Crippen LogP contribution in [-0.2, 0) is 6.42 Å². The number of hydrogen-bond acceptors (Lipinski definition) is 7. The molecule has 0 saturated carbocycles. The van der Waals surface area contributed by atoms with Crippen molar-refractivity contribution >= 4 is 21.9 Å². The lowest BCUT2D eigenvalue weighted by atomic mass is 9.99. The SMILES string of the molecule is COc1cc(OC)c2c(=O)c3cc(OC)c(CCC(CO)CO)cc3oc2c1. The molecular formula is C21H24O7. The Kier molecular flexibility index (Phi) is 6.06. The third kappa shape index (κ3) is 3.63. The molecule has 0 aliphatic heterocycles. The Morgan fingerprint density at radius 2 is 1.64 bits per heavy atom. The van der Waals surface area contributed by atoms with Gasteiger partial charge in [0.15, 0.2) is 0 Å². The summed E-state index contributed by atoms with van der Waals surface area (Å²) in [4.78, 5) is 13.1. The van der Waals surface area contributed by atoms with Crippen LogP contribution in [0.4, 0.5) is 0 Å². The van der Waals surface area contributed by atoms with Crippen molar-refractivity contribution in [3.8, 4) is 17.2 Å². The van der Waals surface area contributed by atoms with E-state index < -0.39 is 0 Å². The van der Waals surface area contributed by atoms with Gasteiger partial charge < -0.3 is 28.8 Å². The summed E-state index contributed by atoms with van der Waals surface area (Å²) in [5.74, 6) is 1.25. The Hall–Kier alpha value is -2.77. The molecule has 0 fully saturated rings. The number of methoxy groups -OCH3 is 3. The maximum atomic E-state index is 13.1. The van der Waals surface area contributed by atoms with Gasteiger partial charge in [0.2, 0.25) is 5.43 Å². The van der Waals surface area contributed by atoms with Gasteiger partial charge in [0.1, 0.15) is 33.8 Å². The average Bonchev–Trinajstić information content (AvgIpc) is 2.73. The summed E-state index contributed by atoms with van der Waals surface area (Å²) in [6.45, 7) is -0.183. The predicted molar refractivity (Wildman–Crippen MR) is 106 cm³/mol. The highest BCUT2D eigenvalue weighted by Gasteiger charge is 2.17. The van der Waals surface area contributed by atoms with Crippen LogP contribution in [0.2, 0.25) is 0 Å². The monoisotopic (exact) mass is 388 g/mol. The highest BCUT2D eigenvalue weighted by Crippen LogP contribution is 2.33. The highest BCUT2D eigenvalue weighted by atomic mass is 16.5. The van der Waals surface area contributed by atoms with Crippen molar-refractivity contribution < 1.29 is 28.8 Å². The Labute approximate surface area is 162 Å². The third-order valence-electron chi connectivity index (χ3n) is 4.91. The van der Waals surface area contributed by atoms with Gasteiger partial charge in [-0.05, 0) is 30.5 Å². The van der Waals surface area contributed by atoms with Gasteiger partial charge in [0, 0.05) is 31.3 Å². The van der Waals surface area contributed by atoms with E-state index in [2.05, 4.69) is 0 Å². The molecule has 0 unspecified atom stereocenters. The number of aliphatic hydroxyl groups excluding tert-OH is 2. The summed E-state index contributed by atoms with van der Waals surface area (Å²) < 4.78 is 22.1. The summed E-state index contributed by atoms with van der Waals surface area (Å²) in [7, 11) is 4.55. The number of benzene rings is 2. The molecular weight excluding hydrogens is 364 g/mol. The molecule has 0 spiro atoms. The smallest absolute Gasteiger partial charge is 0.204 e. The molecule has 2 N–H and O–H groups in total. The number of aliphatic hydroxyl groups is 2. The highest BCUT2D eigenvalue weighted by molar-refractivity contribution is 5.94. The van der Waals surface area contributed by atoms with E-state index in [0.29, 0.717) is 52.0 Å². The lowest BCUT2D eigenvalue weighted by molar-refractivity contribution is 0.144. The average molecular weight is 388 g/mol. The molecule has 7 heteroatoms. The van der Waals surface area contributed by atoms with Crippen molar-refractivity contribution in [2.45, 2.75) is 12.8 Å². The maximum absolute atomic E-state index is 13.1. The van der Waals surface area contributed by atoms with Crippen molar-refractivity contribution in [3.05, 3.63) is 40.1 Å². The number of ether oxygens (including phenoxy) is 3. The number of fused-ring (bicyclic) bond motifs is 2. The van der Waals surface area contributed by atoms with Gasteiger partial charge in [0.25, 0.3) is 0 Å². The van der Waals surface area contributed by atoms with Gasteiger partial charge in [-0.2, -0.15) is 0 Å². The normalized spacial score (nSPS) is 11.4. The van der Waals surface area contributed by atoms with Crippen molar-refractivity contribution in [1.29, 1.82) is 0 Å². The summed E-state index contributed by atoms with van der Waals surface area (Å²) in [5.41, 5.74) is 1.41. The molecule has 150 valence electrons. The molecule has 0 atom stereocenters. The van der Waals surface area contributed by atoms with Crippen LogP contribution in [0.5, 0.6) is 17.2 Å².